The molecule has 1 aliphatic rings. The summed E-state index contributed by atoms with van der Waals surface area (Å²) in [5.74, 6) is 0.885. The molecule has 1 atom stereocenters. The molecule has 1 heterocycles. The summed E-state index contributed by atoms with van der Waals surface area (Å²) in [6.07, 6.45) is 6.61. The summed E-state index contributed by atoms with van der Waals surface area (Å²) in [7, 11) is 0. The van der Waals surface area contributed by atoms with Crippen molar-refractivity contribution in [1.82, 2.24) is 10.3 Å². The summed E-state index contributed by atoms with van der Waals surface area (Å²) in [5, 5.41) is 3.10. The van der Waals surface area contributed by atoms with Crippen LogP contribution in [-0.2, 0) is 24.4 Å². The highest BCUT2D eigenvalue weighted by atomic mass is 16.5. The molecule has 142 valence electrons. The second-order valence-corrected chi connectivity index (χ2v) is 7.16. The molecule has 1 aromatic heterocycles. The Kier molecular flexibility index (Phi) is 5.66. The van der Waals surface area contributed by atoms with E-state index in [2.05, 4.69) is 28.5 Å². The van der Waals surface area contributed by atoms with Gasteiger partial charge in [0, 0.05) is 24.5 Å². The Labute approximate surface area is 165 Å². The second-order valence-electron chi connectivity index (χ2n) is 7.16. The number of ether oxygens (including phenoxy) is 1. The van der Waals surface area contributed by atoms with Crippen LogP contribution in [0.4, 0.5) is 0 Å². The van der Waals surface area contributed by atoms with Gasteiger partial charge in [0.05, 0.1) is 5.92 Å². The van der Waals surface area contributed by atoms with Crippen LogP contribution in [0.5, 0.6) is 5.75 Å². The average molecular weight is 372 g/mol. The summed E-state index contributed by atoms with van der Waals surface area (Å²) in [5.41, 5.74) is 4.59. The molecule has 0 saturated carbocycles. The number of carbonyl (C=O) groups excluding carboxylic acids is 1. The number of hydrogen-bond donors (Lipinski definition) is 1. The minimum absolute atomic E-state index is 0.0351. The Morgan fingerprint density at radius 3 is 2.71 bits per heavy atom. The third-order valence-corrected chi connectivity index (χ3v) is 5.20. The first kappa shape index (κ1) is 18.2. The topological polar surface area (TPSA) is 51.2 Å². The first-order chi connectivity index (χ1) is 13.8. The van der Waals surface area contributed by atoms with E-state index in [0.29, 0.717) is 13.2 Å². The van der Waals surface area contributed by atoms with Gasteiger partial charge in [-0.05, 0) is 54.2 Å². The standard InChI is InChI=1S/C24H24N2O2/c27-24(23-9-3-7-20-6-1-2-8-22(20)23)26-16-18-10-12-21(13-11-18)28-17-19-5-4-14-25-15-19/h1-2,4-6,8,10-15,23H,3,7,9,16-17H2,(H,26,27). The van der Waals surface area contributed by atoms with Gasteiger partial charge >= 0.3 is 0 Å². The van der Waals surface area contributed by atoms with E-state index in [-0.39, 0.29) is 11.8 Å². The van der Waals surface area contributed by atoms with Crippen LogP contribution in [0, 0.1) is 0 Å². The number of aryl methyl sites for hydroxylation is 1. The molecule has 2 aromatic carbocycles. The third-order valence-electron chi connectivity index (χ3n) is 5.20. The fourth-order valence-corrected chi connectivity index (χ4v) is 3.69. The molecule has 4 rings (SSSR count). The Morgan fingerprint density at radius 2 is 1.89 bits per heavy atom. The van der Waals surface area contributed by atoms with Gasteiger partial charge in [-0.2, -0.15) is 0 Å². The second kappa shape index (κ2) is 8.70. The van der Waals surface area contributed by atoms with Crippen molar-refractivity contribution in [3.8, 4) is 5.75 Å². The number of hydrogen-bond acceptors (Lipinski definition) is 3. The van der Waals surface area contributed by atoms with Gasteiger partial charge < -0.3 is 10.1 Å². The molecule has 1 amide bonds. The van der Waals surface area contributed by atoms with Gasteiger partial charge in [0.25, 0.3) is 0 Å². The lowest BCUT2D eigenvalue weighted by molar-refractivity contribution is -0.123. The minimum Gasteiger partial charge on any atom is -0.489 e. The lowest BCUT2D eigenvalue weighted by atomic mass is 9.82. The summed E-state index contributed by atoms with van der Waals surface area (Å²) in [4.78, 5) is 16.8. The zero-order chi connectivity index (χ0) is 19.2. The monoisotopic (exact) mass is 372 g/mol. The van der Waals surface area contributed by atoms with Crippen LogP contribution in [0.3, 0.4) is 0 Å². The number of aromatic nitrogens is 1. The molecule has 1 unspecified atom stereocenters. The molecular formula is C24H24N2O2. The first-order valence-corrected chi connectivity index (χ1v) is 9.76. The smallest absolute Gasteiger partial charge is 0.227 e. The fourth-order valence-electron chi connectivity index (χ4n) is 3.69. The molecule has 0 aliphatic heterocycles. The van der Waals surface area contributed by atoms with Gasteiger partial charge in [-0.3, -0.25) is 9.78 Å². The predicted molar refractivity (Wildman–Crippen MR) is 109 cm³/mol. The van der Waals surface area contributed by atoms with E-state index in [1.807, 2.05) is 42.5 Å². The van der Waals surface area contributed by atoms with Crippen molar-refractivity contribution in [2.45, 2.75) is 38.3 Å². The Morgan fingerprint density at radius 1 is 1.04 bits per heavy atom. The van der Waals surface area contributed by atoms with E-state index in [1.54, 1.807) is 12.4 Å². The van der Waals surface area contributed by atoms with Crippen molar-refractivity contribution in [2.24, 2.45) is 0 Å². The van der Waals surface area contributed by atoms with Gasteiger partial charge in [-0.1, -0.05) is 42.5 Å². The lowest BCUT2D eigenvalue weighted by Gasteiger charge is -2.24. The van der Waals surface area contributed by atoms with Gasteiger partial charge in [0.15, 0.2) is 0 Å². The third kappa shape index (κ3) is 4.39. The van der Waals surface area contributed by atoms with Gasteiger partial charge in [0.1, 0.15) is 12.4 Å². The SMILES string of the molecule is O=C(NCc1ccc(OCc2cccnc2)cc1)C1CCCc2ccccc21. The van der Waals surface area contributed by atoms with E-state index in [9.17, 15) is 4.79 Å². The van der Waals surface area contributed by atoms with Crippen LogP contribution >= 0.6 is 0 Å². The van der Waals surface area contributed by atoms with Crippen LogP contribution in [0.15, 0.2) is 73.1 Å². The maximum absolute atomic E-state index is 12.7. The normalized spacial score (nSPS) is 15.5. The number of nitrogens with one attached hydrogen (secondary N) is 1. The highest BCUT2D eigenvalue weighted by molar-refractivity contribution is 5.84. The number of benzene rings is 2. The van der Waals surface area contributed by atoms with Crippen molar-refractivity contribution in [3.63, 3.8) is 0 Å². The summed E-state index contributed by atoms with van der Waals surface area (Å²) >= 11 is 0. The fraction of sp³-hybridized carbons (Fsp3) is 0.250. The molecule has 0 spiro atoms. The van der Waals surface area contributed by atoms with E-state index < -0.39 is 0 Å². The van der Waals surface area contributed by atoms with E-state index >= 15 is 0 Å². The molecule has 0 saturated heterocycles. The van der Waals surface area contributed by atoms with Gasteiger partial charge in [0.2, 0.25) is 5.91 Å². The Bertz CT molecular complexity index is 923. The van der Waals surface area contributed by atoms with Crippen LogP contribution in [0.1, 0.15) is 41.0 Å². The quantitative estimate of drug-likeness (QED) is 0.698. The van der Waals surface area contributed by atoms with E-state index in [4.69, 9.17) is 4.74 Å². The van der Waals surface area contributed by atoms with Crippen LogP contribution < -0.4 is 10.1 Å². The van der Waals surface area contributed by atoms with Gasteiger partial charge in [-0.25, -0.2) is 0 Å². The first-order valence-electron chi connectivity index (χ1n) is 9.76. The van der Waals surface area contributed by atoms with Crippen molar-refractivity contribution < 1.29 is 9.53 Å². The zero-order valence-corrected chi connectivity index (χ0v) is 15.8. The molecule has 3 aromatic rings. The largest absolute Gasteiger partial charge is 0.489 e. The number of pyridine rings is 1. The van der Waals surface area contributed by atoms with Crippen LogP contribution in [0.2, 0.25) is 0 Å². The van der Waals surface area contributed by atoms with Crippen molar-refractivity contribution in [1.29, 1.82) is 0 Å². The molecule has 1 aliphatic carbocycles. The Balaban J connectivity index is 1.31. The maximum atomic E-state index is 12.7. The molecule has 0 radical (unpaired) electrons. The summed E-state index contributed by atoms with van der Waals surface area (Å²) in [6, 6.07) is 20.1. The summed E-state index contributed by atoms with van der Waals surface area (Å²) < 4.78 is 5.78. The molecule has 28 heavy (non-hydrogen) atoms. The molecule has 4 heteroatoms. The number of fused-ring (bicyclic) bond motifs is 1. The van der Waals surface area contributed by atoms with Crippen molar-refractivity contribution in [3.05, 3.63) is 95.3 Å². The average Bonchev–Trinajstić information content (AvgIpc) is 2.77. The summed E-state index contributed by atoms with van der Waals surface area (Å²) in [6.45, 7) is 1.02. The van der Waals surface area contributed by atoms with Crippen LogP contribution in [-0.4, -0.2) is 10.9 Å². The highest BCUT2D eigenvalue weighted by Crippen LogP contribution is 2.31. The van der Waals surface area contributed by atoms with Gasteiger partial charge in [-0.15, -0.1) is 0 Å². The van der Waals surface area contributed by atoms with E-state index in [1.165, 1.54) is 11.1 Å². The van der Waals surface area contributed by atoms with E-state index in [0.717, 1.165) is 36.1 Å². The van der Waals surface area contributed by atoms with Crippen LogP contribution in [0.25, 0.3) is 0 Å². The zero-order valence-electron chi connectivity index (χ0n) is 15.8. The number of nitrogens with zero attached hydrogens (tertiary/aromatic N) is 1. The van der Waals surface area contributed by atoms with Crippen molar-refractivity contribution in [2.75, 3.05) is 0 Å². The minimum atomic E-state index is -0.0351. The predicted octanol–water partition coefficient (Wildman–Crippen LogP) is 4.40. The highest BCUT2D eigenvalue weighted by Gasteiger charge is 2.25. The number of rotatable bonds is 6. The van der Waals surface area contributed by atoms with Crippen molar-refractivity contribution >= 4 is 5.91 Å². The molecule has 0 fully saturated rings. The molecule has 4 nitrogen and oxygen atoms in total. The molecule has 1 N–H and O–H groups in total. The number of carbonyl (C=O) groups is 1. The lowest BCUT2D eigenvalue weighted by Crippen LogP contribution is -2.31. The number of amides is 1. The maximum Gasteiger partial charge on any atom is 0.227 e. The molecular weight excluding hydrogens is 348 g/mol. The Hall–Kier alpha value is -3.14. The molecule has 0 bridgehead atoms.